The second kappa shape index (κ2) is 5.43. The van der Waals surface area contributed by atoms with Crippen LogP contribution in [0.1, 0.15) is 15.9 Å². The van der Waals surface area contributed by atoms with E-state index in [-0.39, 0.29) is 17.2 Å². The molecule has 0 saturated heterocycles. The Kier molecular flexibility index (Phi) is 3.70. The normalized spacial score (nSPS) is 10.4. The van der Waals surface area contributed by atoms with E-state index in [0.717, 1.165) is 5.56 Å². The molecule has 6 heteroatoms. The van der Waals surface area contributed by atoms with Crippen LogP contribution in [0.2, 0.25) is 0 Å². The number of nitrogens with two attached hydrogens (primary N) is 1. The summed E-state index contributed by atoms with van der Waals surface area (Å²) < 4.78 is 1.75. The van der Waals surface area contributed by atoms with Crippen LogP contribution >= 0.6 is 0 Å². The molecule has 1 amide bonds. The molecule has 0 unspecified atom stereocenters. The number of aryl methyl sites for hydroxylation is 1. The number of aromatic hydroxyl groups is 1. The summed E-state index contributed by atoms with van der Waals surface area (Å²) in [7, 11) is 0. The van der Waals surface area contributed by atoms with Gasteiger partial charge in [0.25, 0.3) is 5.91 Å². The lowest BCUT2D eigenvalue weighted by molar-refractivity contribution is 0.0952. The van der Waals surface area contributed by atoms with Gasteiger partial charge in [-0.1, -0.05) is 0 Å². The molecular formula is C13H16N4O2. The average Bonchev–Trinajstić information content (AvgIpc) is 2.78. The minimum Gasteiger partial charge on any atom is -0.508 e. The quantitative estimate of drug-likeness (QED) is 0.562. The largest absolute Gasteiger partial charge is 0.508 e. The zero-order valence-electron chi connectivity index (χ0n) is 10.6. The third kappa shape index (κ3) is 3.25. The number of nitrogen functional groups attached to an aromatic ring is 1. The van der Waals surface area contributed by atoms with E-state index in [9.17, 15) is 9.90 Å². The van der Waals surface area contributed by atoms with Gasteiger partial charge in [-0.2, -0.15) is 5.10 Å². The summed E-state index contributed by atoms with van der Waals surface area (Å²) in [5.41, 5.74) is 7.37. The van der Waals surface area contributed by atoms with Crippen molar-refractivity contribution in [2.45, 2.75) is 13.5 Å². The van der Waals surface area contributed by atoms with Gasteiger partial charge >= 0.3 is 0 Å². The standard InChI is InChI=1S/C13H16N4O2/c1-9-7-16-17(8-9)5-4-15-13(19)11-6-10(18)2-3-12(11)14/h2-3,6-8,18H,4-5,14H2,1H3,(H,15,19). The van der Waals surface area contributed by atoms with Crippen molar-refractivity contribution in [3.05, 3.63) is 41.7 Å². The average molecular weight is 260 g/mol. The van der Waals surface area contributed by atoms with Crippen LogP contribution in [-0.4, -0.2) is 27.3 Å². The van der Waals surface area contributed by atoms with Crippen molar-refractivity contribution in [2.24, 2.45) is 0 Å². The van der Waals surface area contributed by atoms with Crippen LogP contribution in [0.3, 0.4) is 0 Å². The van der Waals surface area contributed by atoms with E-state index in [2.05, 4.69) is 10.4 Å². The molecule has 100 valence electrons. The Morgan fingerprint density at radius 3 is 3.00 bits per heavy atom. The number of nitrogens with one attached hydrogen (secondary N) is 1. The lowest BCUT2D eigenvalue weighted by Crippen LogP contribution is -2.28. The van der Waals surface area contributed by atoms with Crippen molar-refractivity contribution in [3.8, 4) is 5.75 Å². The van der Waals surface area contributed by atoms with Gasteiger partial charge in [-0.15, -0.1) is 0 Å². The van der Waals surface area contributed by atoms with Crippen LogP contribution < -0.4 is 11.1 Å². The molecule has 4 N–H and O–H groups in total. The number of aromatic nitrogens is 2. The number of nitrogens with zero attached hydrogens (tertiary/aromatic N) is 2. The third-order valence-electron chi connectivity index (χ3n) is 2.67. The van der Waals surface area contributed by atoms with Crippen LogP contribution in [0, 0.1) is 6.92 Å². The number of carbonyl (C=O) groups excluding carboxylic acids is 1. The summed E-state index contributed by atoms with van der Waals surface area (Å²) in [6.45, 7) is 2.98. The first-order valence-corrected chi connectivity index (χ1v) is 5.92. The van der Waals surface area contributed by atoms with Gasteiger partial charge in [0.1, 0.15) is 5.75 Å². The van der Waals surface area contributed by atoms with E-state index in [0.29, 0.717) is 18.8 Å². The minimum absolute atomic E-state index is 0.0158. The molecule has 19 heavy (non-hydrogen) atoms. The van der Waals surface area contributed by atoms with Gasteiger partial charge in [0.05, 0.1) is 18.3 Å². The Balaban J connectivity index is 1.92. The van der Waals surface area contributed by atoms with Crippen molar-refractivity contribution in [1.82, 2.24) is 15.1 Å². The fraction of sp³-hybridized carbons (Fsp3) is 0.231. The zero-order valence-corrected chi connectivity index (χ0v) is 10.6. The van der Waals surface area contributed by atoms with E-state index >= 15 is 0 Å². The van der Waals surface area contributed by atoms with Crippen molar-refractivity contribution in [3.63, 3.8) is 0 Å². The molecule has 0 bridgehead atoms. The van der Waals surface area contributed by atoms with Gasteiger partial charge in [0.15, 0.2) is 0 Å². The van der Waals surface area contributed by atoms with Crippen molar-refractivity contribution < 1.29 is 9.90 Å². The topological polar surface area (TPSA) is 93.2 Å². The highest BCUT2D eigenvalue weighted by Gasteiger charge is 2.09. The summed E-state index contributed by atoms with van der Waals surface area (Å²) in [5.74, 6) is -0.292. The van der Waals surface area contributed by atoms with Gasteiger partial charge in [0, 0.05) is 18.4 Å². The van der Waals surface area contributed by atoms with Crippen molar-refractivity contribution in [1.29, 1.82) is 0 Å². The first-order valence-electron chi connectivity index (χ1n) is 5.92. The molecule has 0 saturated carbocycles. The van der Waals surface area contributed by atoms with E-state index in [1.54, 1.807) is 10.9 Å². The molecule has 0 spiro atoms. The second-order valence-corrected chi connectivity index (χ2v) is 4.31. The summed E-state index contributed by atoms with van der Waals surface area (Å²) in [6.07, 6.45) is 3.66. The van der Waals surface area contributed by atoms with E-state index in [4.69, 9.17) is 5.73 Å². The number of amides is 1. The minimum atomic E-state index is -0.308. The fourth-order valence-corrected chi connectivity index (χ4v) is 1.71. The number of carbonyl (C=O) groups is 1. The maximum atomic E-state index is 11.9. The highest BCUT2D eigenvalue weighted by Crippen LogP contribution is 2.18. The Morgan fingerprint density at radius 1 is 1.53 bits per heavy atom. The highest BCUT2D eigenvalue weighted by atomic mass is 16.3. The Morgan fingerprint density at radius 2 is 2.32 bits per heavy atom. The maximum absolute atomic E-state index is 11.9. The lowest BCUT2D eigenvalue weighted by Gasteiger charge is -2.08. The third-order valence-corrected chi connectivity index (χ3v) is 2.67. The predicted octanol–water partition coefficient (Wildman–Crippen LogP) is 0.909. The summed E-state index contributed by atoms with van der Waals surface area (Å²) >= 11 is 0. The molecule has 0 aliphatic heterocycles. The van der Waals surface area contributed by atoms with Crippen LogP contribution in [0.5, 0.6) is 5.75 Å². The molecule has 0 fully saturated rings. The molecule has 0 aliphatic rings. The van der Waals surface area contributed by atoms with Gasteiger partial charge in [0.2, 0.25) is 0 Å². The Labute approximate surface area is 110 Å². The Bertz CT molecular complexity index is 592. The first kappa shape index (κ1) is 12.9. The van der Waals surface area contributed by atoms with Crippen LogP contribution in [-0.2, 0) is 6.54 Å². The van der Waals surface area contributed by atoms with Gasteiger partial charge in [-0.05, 0) is 30.7 Å². The Hall–Kier alpha value is -2.50. The van der Waals surface area contributed by atoms with Crippen LogP contribution in [0.4, 0.5) is 5.69 Å². The summed E-state index contributed by atoms with van der Waals surface area (Å²) in [4.78, 5) is 11.9. The molecule has 0 atom stereocenters. The van der Waals surface area contributed by atoms with E-state index in [1.165, 1.54) is 18.2 Å². The molecule has 0 aliphatic carbocycles. The molecule has 1 aromatic carbocycles. The van der Waals surface area contributed by atoms with Gasteiger partial charge in [-0.3, -0.25) is 9.48 Å². The molecular weight excluding hydrogens is 244 g/mol. The predicted molar refractivity (Wildman–Crippen MR) is 71.8 cm³/mol. The smallest absolute Gasteiger partial charge is 0.253 e. The van der Waals surface area contributed by atoms with E-state index in [1.807, 2.05) is 13.1 Å². The van der Waals surface area contributed by atoms with Gasteiger partial charge < -0.3 is 16.2 Å². The monoisotopic (exact) mass is 260 g/mol. The van der Waals surface area contributed by atoms with Crippen LogP contribution in [0.25, 0.3) is 0 Å². The lowest BCUT2D eigenvalue weighted by atomic mass is 10.1. The highest BCUT2D eigenvalue weighted by molar-refractivity contribution is 5.99. The number of hydrogen-bond donors (Lipinski definition) is 3. The molecule has 6 nitrogen and oxygen atoms in total. The van der Waals surface area contributed by atoms with Gasteiger partial charge in [-0.25, -0.2) is 0 Å². The van der Waals surface area contributed by atoms with Crippen molar-refractivity contribution >= 4 is 11.6 Å². The number of hydrogen-bond acceptors (Lipinski definition) is 4. The molecule has 1 aromatic heterocycles. The molecule has 0 radical (unpaired) electrons. The van der Waals surface area contributed by atoms with E-state index < -0.39 is 0 Å². The molecule has 2 rings (SSSR count). The molecule has 1 heterocycles. The SMILES string of the molecule is Cc1cnn(CCNC(=O)c2cc(O)ccc2N)c1. The fourth-order valence-electron chi connectivity index (χ4n) is 1.71. The number of phenols is 1. The second-order valence-electron chi connectivity index (χ2n) is 4.31. The number of benzene rings is 1. The summed E-state index contributed by atoms with van der Waals surface area (Å²) in [6, 6.07) is 4.29. The molecule has 2 aromatic rings. The van der Waals surface area contributed by atoms with Crippen LogP contribution in [0.15, 0.2) is 30.6 Å². The maximum Gasteiger partial charge on any atom is 0.253 e. The van der Waals surface area contributed by atoms with Crippen molar-refractivity contribution in [2.75, 3.05) is 12.3 Å². The number of phenolic OH excluding ortho intramolecular Hbond substituents is 1. The zero-order chi connectivity index (χ0) is 13.8. The summed E-state index contributed by atoms with van der Waals surface area (Å²) in [5, 5.41) is 16.2. The number of anilines is 1. The number of rotatable bonds is 4. The first-order chi connectivity index (χ1) is 9.06.